The minimum absolute atomic E-state index is 0.0115. The number of ether oxygens (including phenoxy) is 1. The minimum Gasteiger partial charge on any atom is -0.490 e. The number of carbonyl (C=O) groups excluding carboxylic acids is 2. The van der Waals surface area contributed by atoms with Crippen LogP contribution in [-0.2, 0) is 14.8 Å². The molecule has 0 spiro atoms. The normalized spacial score (nSPS) is 13.5. The monoisotopic (exact) mass is 374 g/mol. The molecule has 0 radical (unpaired) electrons. The maximum Gasteiger partial charge on any atom is 0.261 e. The first kappa shape index (κ1) is 17.9. The van der Waals surface area contributed by atoms with E-state index in [1.54, 1.807) is 24.3 Å². The Morgan fingerprint density at radius 1 is 1.12 bits per heavy atom. The lowest BCUT2D eigenvalue weighted by molar-refractivity contribution is -0.116. The number of rotatable bonds is 4. The van der Waals surface area contributed by atoms with Crippen LogP contribution in [-0.4, -0.2) is 33.3 Å². The van der Waals surface area contributed by atoms with E-state index in [-0.39, 0.29) is 16.6 Å². The summed E-state index contributed by atoms with van der Waals surface area (Å²) in [5, 5.41) is 0. The summed E-state index contributed by atoms with van der Waals surface area (Å²) in [4.78, 5) is 24.8. The lowest BCUT2D eigenvalue weighted by Crippen LogP contribution is -2.36. The molecule has 1 amide bonds. The highest BCUT2D eigenvalue weighted by molar-refractivity contribution is 7.92. The number of nitrogens with zero attached hydrogens (tertiary/aromatic N) is 1. The summed E-state index contributed by atoms with van der Waals surface area (Å²) in [5.74, 6) is 0.154. The third-order valence-corrected chi connectivity index (χ3v) is 5.38. The molecule has 0 saturated heterocycles. The number of amides is 1. The van der Waals surface area contributed by atoms with Gasteiger partial charge < -0.3 is 9.64 Å². The molecule has 0 atom stereocenters. The van der Waals surface area contributed by atoms with Gasteiger partial charge in [0, 0.05) is 12.5 Å². The number of anilines is 2. The van der Waals surface area contributed by atoms with Gasteiger partial charge in [-0.25, -0.2) is 8.42 Å². The van der Waals surface area contributed by atoms with Crippen LogP contribution in [0, 0.1) is 0 Å². The molecule has 2 aromatic carbocycles. The van der Waals surface area contributed by atoms with Gasteiger partial charge in [0.25, 0.3) is 10.0 Å². The van der Waals surface area contributed by atoms with Crippen molar-refractivity contribution in [2.75, 3.05) is 22.8 Å². The number of nitrogens with one attached hydrogen (secondary N) is 1. The zero-order valence-corrected chi connectivity index (χ0v) is 15.2. The van der Waals surface area contributed by atoms with Crippen LogP contribution in [0.4, 0.5) is 11.4 Å². The minimum atomic E-state index is -3.88. The van der Waals surface area contributed by atoms with E-state index >= 15 is 0 Å². The molecule has 1 aliphatic heterocycles. The number of benzene rings is 2. The molecule has 7 nitrogen and oxygen atoms in total. The highest BCUT2D eigenvalue weighted by Gasteiger charge is 2.23. The van der Waals surface area contributed by atoms with Crippen LogP contribution in [0.2, 0.25) is 0 Å². The summed E-state index contributed by atoms with van der Waals surface area (Å²) in [6, 6.07) is 10.6. The molecule has 1 aliphatic rings. The smallest absolute Gasteiger partial charge is 0.261 e. The van der Waals surface area contributed by atoms with Gasteiger partial charge in [-0.3, -0.25) is 14.3 Å². The topological polar surface area (TPSA) is 92.8 Å². The zero-order valence-electron chi connectivity index (χ0n) is 14.4. The van der Waals surface area contributed by atoms with E-state index in [1.807, 2.05) is 0 Å². The third kappa shape index (κ3) is 3.55. The number of ketones is 1. The van der Waals surface area contributed by atoms with E-state index in [2.05, 4.69) is 4.72 Å². The van der Waals surface area contributed by atoms with E-state index in [4.69, 9.17) is 4.74 Å². The first-order chi connectivity index (χ1) is 12.3. The van der Waals surface area contributed by atoms with Gasteiger partial charge in [0.1, 0.15) is 12.4 Å². The molecule has 0 bridgehead atoms. The first-order valence-corrected chi connectivity index (χ1v) is 9.45. The summed E-state index contributed by atoms with van der Waals surface area (Å²) in [6.07, 6.45) is 0. The Hall–Kier alpha value is -2.87. The van der Waals surface area contributed by atoms with Crippen molar-refractivity contribution in [1.29, 1.82) is 0 Å². The van der Waals surface area contributed by atoms with Gasteiger partial charge in [0.15, 0.2) is 5.78 Å². The highest BCUT2D eigenvalue weighted by atomic mass is 32.2. The summed E-state index contributed by atoms with van der Waals surface area (Å²) < 4.78 is 33.2. The molecule has 3 rings (SSSR count). The Labute approximate surface area is 151 Å². The molecule has 0 saturated carbocycles. The molecule has 1 heterocycles. The summed E-state index contributed by atoms with van der Waals surface area (Å²) >= 11 is 0. The van der Waals surface area contributed by atoms with Gasteiger partial charge in [-0.15, -0.1) is 0 Å². The molecule has 1 N–H and O–H groups in total. The van der Waals surface area contributed by atoms with Crippen molar-refractivity contribution in [3.8, 4) is 5.75 Å². The summed E-state index contributed by atoms with van der Waals surface area (Å²) in [7, 11) is -3.88. The number of fused-ring (bicyclic) bond motifs is 1. The maximum atomic E-state index is 12.6. The SMILES string of the molecule is CC(=O)c1cccc(S(=O)(=O)Nc2ccc3c(c2)N(C(C)=O)CCO3)c1. The fraction of sp³-hybridized carbons (Fsp3) is 0.222. The predicted octanol–water partition coefficient (Wildman–Crippen LogP) is 2.44. The van der Waals surface area contributed by atoms with E-state index in [0.717, 1.165) is 0 Å². The standard InChI is InChI=1S/C18H18N2O5S/c1-12(21)14-4-3-5-16(10-14)26(23,24)19-15-6-7-18-17(11-15)20(13(2)22)8-9-25-18/h3-7,10-11,19H,8-9H2,1-2H3. The van der Waals surface area contributed by atoms with E-state index in [9.17, 15) is 18.0 Å². The Bertz CT molecular complexity index is 985. The number of hydrogen-bond acceptors (Lipinski definition) is 5. The average molecular weight is 374 g/mol. The molecule has 8 heteroatoms. The summed E-state index contributed by atoms with van der Waals surface area (Å²) in [6.45, 7) is 3.60. The van der Waals surface area contributed by atoms with Gasteiger partial charge in [-0.2, -0.15) is 0 Å². The quantitative estimate of drug-likeness (QED) is 0.830. The van der Waals surface area contributed by atoms with Crippen LogP contribution in [0.5, 0.6) is 5.75 Å². The van der Waals surface area contributed by atoms with Crippen molar-refractivity contribution in [3.63, 3.8) is 0 Å². The van der Waals surface area contributed by atoms with Crippen LogP contribution >= 0.6 is 0 Å². The zero-order chi connectivity index (χ0) is 18.9. The number of hydrogen-bond donors (Lipinski definition) is 1. The van der Waals surface area contributed by atoms with Gasteiger partial charge in [0.05, 0.1) is 22.8 Å². The Morgan fingerprint density at radius 3 is 2.58 bits per heavy atom. The molecule has 26 heavy (non-hydrogen) atoms. The van der Waals surface area contributed by atoms with Crippen molar-refractivity contribution in [1.82, 2.24) is 0 Å². The maximum absolute atomic E-state index is 12.6. The Balaban J connectivity index is 1.93. The van der Waals surface area contributed by atoms with Crippen LogP contribution < -0.4 is 14.4 Å². The highest BCUT2D eigenvalue weighted by Crippen LogP contribution is 2.34. The largest absolute Gasteiger partial charge is 0.490 e. The molecular formula is C18H18N2O5S. The Kier molecular flexibility index (Phi) is 4.69. The summed E-state index contributed by atoms with van der Waals surface area (Å²) in [5.41, 5.74) is 1.13. The fourth-order valence-corrected chi connectivity index (χ4v) is 3.80. The number of sulfonamides is 1. The first-order valence-electron chi connectivity index (χ1n) is 7.97. The molecule has 136 valence electrons. The number of carbonyl (C=O) groups is 2. The van der Waals surface area contributed by atoms with Crippen LogP contribution in [0.1, 0.15) is 24.2 Å². The second-order valence-corrected chi connectivity index (χ2v) is 7.57. The Morgan fingerprint density at radius 2 is 1.88 bits per heavy atom. The molecule has 0 aromatic heterocycles. The van der Waals surface area contributed by atoms with Crippen molar-refractivity contribution in [2.24, 2.45) is 0 Å². The van der Waals surface area contributed by atoms with Crippen LogP contribution in [0.3, 0.4) is 0 Å². The average Bonchev–Trinajstić information content (AvgIpc) is 2.60. The van der Waals surface area contributed by atoms with Gasteiger partial charge >= 0.3 is 0 Å². The van der Waals surface area contributed by atoms with Crippen LogP contribution in [0.25, 0.3) is 0 Å². The second kappa shape index (κ2) is 6.80. The van der Waals surface area contributed by atoms with Crippen molar-refractivity contribution in [2.45, 2.75) is 18.7 Å². The van der Waals surface area contributed by atoms with E-state index < -0.39 is 10.0 Å². The van der Waals surface area contributed by atoms with Gasteiger partial charge in [0.2, 0.25) is 5.91 Å². The van der Waals surface area contributed by atoms with Crippen molar-refractivity contribution >= 4 is 33.1 Å². The fourth-order valence-electron chi connectivity index (χ4n) is 2.70. The molecule has 2 aromatic rings. The lowest BCUT2D eigenvalue weighted by Gasteiger charge is -2.29. The lowest BCUT2D eigenvalue weighted by atomic mass is 10.2. The van der Waals surface area contributed by atoms with Crippen molar-refractivity contribution < 1.29 is 22.7 Å². The van der Waals surface area contributed by atoms with Gasteiger partial charge in [-0.1, -0.05) is 12.1 Å². The third-order valence-electron chi connectivity index (χ3n) is 4.01. The van der Waals surface area contributed by atoms with Crippen molar-refractivity contribution in [3.05, 3.63) is 48.0 Å². The number of Topliss-reactive ketones (excluding diaryl/α,β-unsaturated/α-hetero) is 1. The van der Waals surface area contributed by atoms with E-state index in [0.29, 0.717) is 35.8 Å². The second-order valence-electron chi connectivity index (χ2n) is 5.89. The molecule has 0 aliphatic carbocycles. The van der Waals surface area contributed by atoms with Crippen LogP contribution in [0.15, 0.2) is 47.4 Å². The molecule has 0 unspecified atom stereocenters. The van der Waals surface area contributed by atoms with E-state index in [1.165, 1.54) is 36.9 Å². The predicted molar refractivity (Wildman–Crippen MR) is 97.2 cm³/mol. The van der Waals surface area contributed by atoms with Gasteiger partial charge in [-0.05, 0) is 37.3 Å². The molecular weight excluding hydrogens is 356 g/mol. The molecule has 0 fully saturated rings.